The number of aromatic amines is 1. The number of hydrogen-bond donors (Lipinski definition) is 2. The number of anilines is 2. The quantitative estimate of drug-likeness (QED) is 0.329. The molecule has 0 radical (unpaired) electrons. The number of aromatic nitrogens is 6. The minimum absolute atomic E-state index is 0.735. The van der Waals surface area contributed by atoms with Crippen molar-refractivity contribution in [3.8, 4) is 0 Å². The molecule has 1 aromatic carbocycles. The third-order valence-corrected chi connectivity index (χ3v) is 6.32. The van der Waals surface area contributed by atoms with Gasteiger partial charge >= 0.3 is 0 Å². The van der Waals surface area contributed by atoms with E-state index in [2.05, 4.69) is 63.7 Å². The van der Waals surface area contributed by atoms with E-state index in [4.69, 9.17) is 12.2 Å². The van der Waals surface area contributed by atoms with Crippen LogP contribution in [0.4, 0.5) is 11.8 Å². The van der Waals surface area contributed by atoms with Crippen LogP contribution in [0.3, 0.4) is 0 Å². The molecule has 1 aliphatic heterocycles. The van der Waals surface area contributed by atoms with Crippen molar-refractivity contribution < 1.29 is 0 Å². The van der Waals surface area contributed by atoms with Gasteiger partial charge in [0, 0.05) is 57.0 Å². The Labute approximate surface area is 191 Å². The van der Waals surface area contributed by atoms with E-state index >= 15 is 0 Å². The van der Waals surface area contributed by atoms with E-state index in [1.165, 1.54) is 0 Å². The lowest BCUT2D eigenvalue weighted by molar-refractivity contribution is 0.256. The smallest absolute Gasteiger partial charge is 0.225 e. The van der Waals surface area contributed by atoms with Crippen molar-refractivity contribution in [1.29, 1.82) is 0 Å². The van der Waals surface area contributed by atoms with Gasteiger partial charge in [-0.1, -0.05) is 0 Å². The molecule has 0 amide bonds. The number of nitrogens with one attached hydrogen (secondary N) is 2. The Hall–Kier alpha value is -3.11. The van der Waals surface area contributed by atoms with Crippen LogP contribution >= 0.6 is 12.2 Å². The molecule has 32 heavy (non-hydrogen) atoms. The van der Waals surface area contributed by atoms with Gasteiger partial charge in [0.25, 0.3) is 0 Å². The van der Waals surface area contributed by atoms with Crippen LogP contribution in [0.15, 0.2) is 36.9 Å². The summed E-state index contributed by atoms with van der Waals surface area (Å²) in [6, 6.07) is 6.04. The van der Waals surface area contributed by atoms with Gasteiger partial charge in [-0.3, -0.25) is 4.90 Å². The van der Waals surface area contributed by atoms with Gasteiger partial charge in [-0.15, -0.1) is 0 Å². The van der Waals surface area contributed by atoms with Crippen molar-refractivity contribution in [1.82, 2.24) is 34.4 Å². The van der Waals surface area contributed by atoms with Gasteiger partial charge in [0.1, 0.15) is 12.1 Å². The lowest BCUT2D eigenvalue weighted by Crippen LogP contribution is -2.47. The highest BCUT2D eigenvalue weighted by molar-refractivity contribution is 7.71. The van der Waals surface area contributed by atoms with Crippen LogP contribution in [0.1, 0.15) is 13.3 Å². The molecule has 9 nitrogen and oxygen atoms in total. The first-order valence-corrected chi connectivity index (χ1v) is 11.5. The number of benzene rings is 1. The monoisotopic (exact) mass is 449 g/mol. The largest absolute Gasteiger partial charge is 0.369 e. The molecule has 3 aromatic heterocycles. The van der Waals surface area contributed by atoms with Crippen LogP contribution in [0, 0.1) is 4.77 Å². The molecule has 10 heteroatoms. The van der Waals surface area contributed by atoms with Crippen LogP contribution in [-0.4, -0.2) is 73.7 Å². The molecule has 4 heterocycles. The summed E-state index contributed by atoms with van der Waals surface area (Å²) < 4.78 is 2.82. The van der Waals surface area contributed by atoms with Crippen molar-refractivity contribution in [2.24, 2.45) is 0 Å². The molecule has 1 saturated heterocycles. The highest BCUT2D eigenvalue weighted by atomic mass is 32.1. The molecule has 5 rings (SSSR count). The van der Waals surface area contributed by atoms with Gasteiger partial charge in [-0.05, 0) is 50.3 Å². The second-order valence-electron chi connectivity index (χ2n) is 7.94. The van der Waals surface area contributed by atoms with Crippen molar-refractivity contribution >= 4 is 45.9 Å². The van der Waals surface area contributed by atoms with Gasteiger partial charge in [0.15, 0.2) is 4.77 Å². The number of nitrogens with zero attached hydrogens (tertiary/aromatic N) is 7. The molecular weight excluding hydrogens is 422 g/mol. The van der Waals surface area contributed by atoms with E-state index in [9.17, 15) is 0 Å². The van der Waals surface area contributed by atoms with E-state index in [1.54, 1.807) is 18.7 Å². The molecule has 2 N–H and O–H groups in total. The first-order valence-electron chi connectivity index (χ1n) is 11.1. The minimum atomic E-state index is 0.735. The van der Waals surface area contributed by atoms with Gasteiger partial charge < -0.3 is 19.8 Å². The fraction of sp³-hybridized carbons (Fsp3) is 0.409. The number of H-pyrrole nitrogens is 1. The molecule has 166 valence electrons. The van der Waals surface area contributed by atoms with E-state index < -0.39 is 0 Å². The molecule has 0 spiro atoms. The van der Waals surface area contributed by atoms with E-state index in [0.717, 1.165) is 90.7 Å². The fourth-order valence-electron chi connectivity index (χ4n) is 4.30. The summed E-state index contributed by atoms with van der Waals surface area (Å²) >= 11 is 5.45. The van der Waals surface area contributed by atoms with E-state index in [-0.39, 0.29) is 0 Å². The molecule has 1 fully saturated rings. The first-order chi connectivity index (χ1) is 15.7. The van der Waals surface area contributed by atoms with Crippen LogP contribution < -0.4 is 10.2 Å². The Morgan fingerprint density at radius 2 is 1.88 bits per heavy atom. The molecule has 0 saturated carbocycles. The third-order valence-electron chi connectivity index (χ3n) is 6.00. The Morgan fingerprint density at radius 3 is 2.66 bits per heavy atom. The summed E-state index contributed by atoms with van der Waals surface area (Å²) in [6.45, 7) is 8.81. The normalized spacial score (nSPS) is 15.0. The maximum absolute atomic E-state index is 5.45. The lowest BCUT2D eigenvalue weighted by atomic mass is 10.2. The Balaban J connectivity index is 1.18. The summed E-state index contributed by atoms with van der Waals surface area (Å²) in [5.74, 6) is 1.69. The maximum Gasteiger partial charge on any atom is 0.225 e. The number of rotatable bonds is 7. The average Bonchev–Trinajstić information content (AvgIpc) is 3.15. The van der Waals surface area contributed by atoms with Crippen molar-refractivity contribution in [2.45, 2.75) is 19.9 Å². The Kier molecular flexibility index (Phi) is 5.95. The summed E-state index contributed by atoms with van der Waals surface area (Å²) in [6.07, 6.45) is 6.27. The highest BCUT2D eigenvalue weighted by Gasteiger charge is 2.18. The van der Waals surface area contributed by atoms with Gasteiger partial charge in [0.2, 0.25) is 5.95 Å². The third kappa shape index (κ3) is 4.15. The standard InChI is InChI=1S/C22H27N9S/c1-2-31-19-14-17-16(13-18(19)28-22(31)32)20(27-15-26-17)23-7-4-8-29-9-11-30(12-10-29)21-24-5-3-6-25-21/h3,5-6,13-15H,2,4,7-12H2,1H3,(H,28,32)(H,23,26,27). The predicted octanol–water partition coefficient (Wildman–Crippen LogP) is 3.08. The topological polar surface area (TPSA) is 90.8 Å². The molecule has 0 bridgehead atoms. The summed E-state index contributed by atoms with van der Waals surface area (Å²) in [5.41, 5.74) is 3.02. The van der Waals surface area contributed by atoms with Crippen LogP contribution in [0.2, 0.25) is 0 Å². The predicted molar refractivity (Wildman–Crippen MR) is 130 cm³/mol. The summed E-state index contributed by atoms with van der Waals surface area (Å²) in [5, 5.41) is 4.52. The minimum Gasteiger partial charge on any atom is -0.369 e. The second kappa shape index (κ2) is 9.17. The fourth-order valence-corrected chi connectivity index (χ4v) is 4.64. The first kappa shape index (κ1) is 20.8. The van der Waals surface area contributed by atoms with E-state index in [0.29, 0.717) is 0 Å². The highest BCUT2D eigenvalue weighted by Crippen LogP contribution is 2.25. The average molecular weight is 450 g/mol. The molecule has 0 aliphatic carbocycles. The van der Waals surface area contributed by atoms with Gasteiger partial charge in [-0.2, -0.15) is 0 Å². The van der Waals surface area contributed by atoms with Crippen molar-refractivity contribution in [3.05, 3.63) is 41.7 Å². The molecule has 0 atom stereocenters. The number of imidazole rings is 1. The van der Waals surface area contributed by atoms with Gasteiger partial charge in [-0.25, -0.2) is 19.9 Å². The summed E-state index contributed by atoms with van der Waals surface area (Å²) in [7, 11) is 0. The van der Waals surface area contributed by atoms with Crippen LogP contribution in [0.5, 0.6) is 0 Å². The molecule has 1 aliphatic rings. The van der Waals surface area contributed by atoms with Crippen LogP contribution in [0.25, 0.3) is 21.9 Å². The second-order valence-corrected chi connectivity index (χ2v) is 8.33. The Bertz CT molecular complexity index is 1260. The summed E-state index contributed by atoms with van der Waals surface area (Å²) in [4.78, 5) is 25.7. The Morgan fingerprint density at radius 1 is 1.06 bits per heavy atom. The number of hydrogen-bond acceptors (Lipinski definition) is 8. The zero-order valence-corrected chi connectivity index (χ0v) is 19.0. The number of aryl methyl sites for hydroxylation is 1. The molecular formula is C22H27N9S. The van der Waals surface area contributed by atoms with Crippen molar-refractivity contribution in [3.63, 3.8) is 0 Å². The van der Waals surface area contributed by atoms with Crippen molar-refractivity contribution in [2.75, 3.05) is 49.5 Å². The SMILES string of the molecule is CCn1c(=S)[nH]c2cc3c(NCCCN4CCN(c5ncccn5)CC4)ncnc3cc21. The van der Waals surface area contributed by atoms with Crippen LogP contribution in [-0.2, 0) is 6.54 Å². The number of piperazine rings is 1. The molecule has 0 unspecified atom stereocenters. The van der Waals surface area contributed by atoms with E-state index in [1.807, 2.05) is 6.07 Å². The lowest BCUT2D eigenvalue weighted by Gasteiger charge is -2.34. The molecule has 4 aromatic rings. The van der Waals surface area contributed by atoms with Gasteiger partial charge in [0.05, 0.1) is 16.6 Å². The number of fused-ring (bicyclic) bond motifs is 2. The zero-order valence-electron chi connectivity index (χ0n) is 18.2. The maximum atomic E-state index is 5.45. The zero-order chi connectivity index (χ0) is 21.9.